The van der Waals surface area contributed by atoms with Gasteiger partial charge < -0.3 is 44.2 Å². The predicted molar refractivity (Wildman–Crippen MR) is 139 cm³/mol. The van der Waals surface area contributed by atoms with Crippen molar-refractivity contribution in [2.75, 3.05) is 0 Å². The number of ether oxygens (including phenoxy) is 3. The second kappa shape index (κ2) is 11.0. The maximum Gasteiger partial charge on any atom is 0.303 e. The maximum absolute atomic E-state index is 13.8. The number of phenols is 3. The standard InChI is InChI=1S/C28H30O11/c1-12(2)5-10-17-18(31)11-19(32)20-21(33)27(25(38-26(17)20)15-6-8-16(30)9-7-15)39-28-23(35)22(34)24(13(3)36-28)37-14(4)29/h5-9,11,13,22-24,28,30-32,34-35H,10H2,1-4H3/t13?,22?,23-,24-,28-/m0/s1. The Morgan fingerprint density at radius 2 is 1.69 bits per heavy atom. The van der Waals surface area contributed by atoms with Crippen LogP contribution in [0.5, 0.6) is 23.0 Å². The van der Waals surface area contributed by atoms with Gasteiger partial charge in [-0.15, -0.1) is 0 Å². The molecule has 1 aromatic heterocycles. The monoisotopic (exact) mass is 542 g/mol. The fourth-order valence-corrected chi connectivity index (χ4v) is 4.36. The second-order valence-electron chi connectivity index (χ2n) is 9.60. The molecule has 2 heterocycles. The van der Waals surface area contributed by atoms with Gasteiger partial charge in [0.2, 0.25) is 17.5 Å². The molecule has 11 nitrogen and oxygen atoms in total. The van der Waals surface area contributed by atoms with Gasteiger partial charge >= 0.3 is 5.97 Å². The molecule has 11 heteroatoms. The van der Waals surface area contributed by atoms with E-state index in [0.717, 1.165) is 18.6 Å². The van der Waals surface area contributed by atoms with Crippen molar-refractivity contribution in [3.63, 3.8) is 0 Å². The quantitative estimate of drug-likeness (QED) is 0.229. The van der Waals surface area contributed by atoms with E-state index in [4.69, 9.17) is 18.6 Å². The lowest BCUT2D eigenvalue weighted by molar-refractivity contribution is -0.272. The van der Waals surface area contributed by atoms with Crippen molar-refractivity contribution in [3.8, 4) is 34.3 Å². The molecule has 5 atom stereocenters. The lowest BCUT2D eigenvalue weighted by Gasteiger charge is -2.40. The number of carbonyl (C=O) groups excluding carboxylic acids is 1. The summed E-state index contributed by atoms with van der Waals surface area (Å²) < 4.78 is 22.6. The summed E-state index contributed by atoms with van der Waals surface area (Å²) in [6, 6.07) is 6.65. The molecule has 1 saturated heterocycles. The lowest BCUT2D eigenvalue weighted by atomic mass is 9.99. The molecule has 0 bridgehead atoms. The number of phenolic OH excluding ortho intramolecular Hbond substituents is 3. The van der Waals surface area contributed by atoms with Crippen molar-refractivity contribution in [1.29, 1.82) is 0 Å². The summed E-state index contributed by atoms with van der Waals surface area (Å²) in [7, 11) is 0. The van der Waals surface area contributed by atoms with E-state index in [1.807, 2.05) is 19.9 Å². The Kier molecular flexibility index (Phi) is 7.86. The summed E-state index contributed by atoms with van der Waals surface area (Å²) in [6.45, 7) is 6.36. The molecule has 0 saturated carbocycles. The fraction of sp³-hybridized carbons (Fsp3) is 0.357. The largest absolute Gasteiger partial charge is 0.508 e. The van der Waals surface area contributed by atoms with Gasteiger partial charge in [-0.25, -0.2) is 0 Å². The number of benzene rings is 2. The van der Waals surface area contributed by atoms with E-state index >= 15 is 0 Å². The normalized spacial score (nSPS) is 22.9. The summed E-state index contributed by atoms with van der Waals surface area (Å²) in [4.78, 5) is 25.2. The van der Waals surface area contributed by atoms with Gasteiger partial charge in [-0.05, 0) is 51.5 Å². The average Bonchev–Trinajstić information content (AvgIpc) is 2.86. The topological polar surface area (TPSA) is 176 Å². The third-order valence-corrected chi connectivity index (χ3v) is 6.34. The molecule has 208 valence electrons. The SMILES string of the molecule is CC(=O)O[C@H]1C(C)O[C@@H](Oc2c(-c3ccc(O)cc3)oc3c(CC=C(C)C)c(O)cc(O)c3c2=O)[C@@H](O)C1O. The Morgan fingerprint density at radius 1 is 1.03 bits per heavy atom. The number of hydrogen-bond donors (Lipinski definition) is 5. The van der Waals surface area contributed by atoms with Crippen molar-refractivity contribution < 1.29 is 49.0 Å². The first-order chi connectivity index (χ1) is 18.4. The van der Waals surface area contributed by atoms with Gasteiger partial charge in [0.05, 0.1) is 6.10 Å². The zero-order valence-corrected chi connectivity index (χ0v) is 21.7. The van der Waals surface area contributed by atoms with Crippen molar-refractivity contribution >= 4 is 16.9 Å². The van der Waals surface area contributed by atoms with Gasteiger partial charge in [-0.2, -0.15) is 0 Å². The Labute approximate surface area is 223 Å². The van der Waals surface area contributed by atoms with Crippen molar-refractivity contribution in [3.05, 3.63) is 57.8 Å². The molecule has 2 aromatic carbocycles. The summed E-state index contributed by atoms with van der Waals surface area (Å²) in [5.74, 6) is -2.19. The highest BCUT2D eigenvalue weighted by atomic mass is 16.7. The molecule has 39 heavy (non-hydrogen) atoms. The van der Waals surface area contributed by atoms with Crippen LogP contribution >= 0.6 is 0 Å². The molecule has 0 spiro atoms. The zero-order valence-electron chi connectivity index (χ0n) is 21.7. The van der Waals surface area contributed by atoms with Crippen LogP contribution in [0.1, 0.15) is 33.3 Å². The third-order valence-electron chi connectivity index (χ3n) is 6.34. The van der Waals surface area contributed by atoms with Crippen LogP contribution in [0.3, 0.4) is 0 Å². The van der Waals surface area contributed by atoms with E-state index in [0.29, 0.717) is 0 Å². The Bertz CT molecular complexity index is 1470. The number of rotatable bonds is 6. The first-order valence-corrected chi connectivity index (χ1v) is 12.2. The number of aliphatic hydroxyl groups is 2. The van der Waals surface area contributed by atoms with E-state index in [1.54, 1.807) is 0 Å². The maximum atomic E-state index is 13.8. The highest BCUT2D eigenvalue weighted by Crippen LogP contribution is 2.40. The van der Waals surface area contributed by atoms with Gasteiger partial charge in [0, 0.05) is 24.1 Å². The third kappa shape index (κ3) is 5.56. The first kappa shape index (κ1) is 28.0. The molecular formula is C28H30O11. The highest BCUT2D eigenvalue weighted by molar-refractivity contribution is 5.91. The number of carbonyl (C=O) groups is 1. The van der Waals surface area contributed by atoms with Crippen LogP contribution in [-0.2, 0) is 20.7 Å². The molecule has 3 aromatic rings. The number of aliphatic hydroxyl groups excluding tert-OH is 2. The number of esters is 1. The average molecular weight is 543 g/mol. The molecule has 2 unspecified atom stereocenters. The molecule has 1 aliphatic heterocycles. The summed E-state index contributed by atoms with van der Waals surface area (Å²) >= 11 is 0. The van der Waals surface area contributed by atoms with Crippen molar-refractivity contribution in [1.82, 2.24) is 0 Å². The molecule has 4 rings (SSSR count). The lowest BCUT2D eigenvalue weighted by Crippen LogP contribution is -2.59. The molecule has 0 radical (unpaired) electrons. The van der Waals surface area contributed by atoms with Crippen LogP contribution in [0.2, 0.25) is 0 Å². The highest BCUT2D eigenvalue weighted by Gasteiger charge is 2.46. The van der Waals surface area contributed by atoms with Crippen molar-refractivity contribution in [2.24, 2.45) is 0 Å². The second-order valence-corrected chi connectivity index (χ2v) is 9.60. The van der Waals surface area contributed by atoms with Gasteiger partial charge in [-0.1, -0.05) is 11.6 Å². The Morgan fingerprint density at radius 3 is 2.31 bits per heavy atom. The van der Waals surface area contributed by atoms with Crippen LogP contribution in [0.25, 0.3) is 22.3 Å². The van der Waals surface area contributed by atoms with Crippen LogP contribution < -0.4 is 10.2 Å². The number of allylic oxidation sites excluding steroid dienone is 2. The first-order valence-electron chi connectivity index (χ1n) is 12.2. The molecule has 1 aliphatic rings. The number of hydrogen-bond acceptors (Lipinski definition) is 11. The van der Waals surface area contributed by atoms with E-state index in [9.17, 15) is 35.1 Å². The van der Waals surface area contributed by atoms with Gasteiger partial charge in [-0.3, -0.25) is 9.59 Å². The number of fused-ring (bicyclic) bond motifs is 1. The minimum absolute atomic E-state index is 0.0524. The van der Waals surface area contributed by atoms with Gasteiger partial charge in [0.25, 0.3) is 0 Å². The van der Waals surface area contributed by atoms with Crippen LogP contribution in [0.4, 0.5) is 0 Å². The number of aromatic hydroxyl groups is 3. The molecule has 1 fully saturated rings. The van der Waals surface area contributed by atoms with Crippen molar-refractivity contribution in [2.45, 2.75) is 64.8 Å². The van der Waals surface area contributed by atoms with E-state index in [-0.39, 0.29) is 45.8 Å². The minimum Gasteiger partial charge on any atom is -0.508 e. The van der Waals surface area contributed by atoms with Gasteiger partial charge in [0.1, 0.15) is 40.4 Å². The fourth-order valence-electron chi connectivity index (χ4n) is 4.36. The molecule has 0 amide bonds. The van der Waals surface area contributed by atoms with Crippen LogP contribution in [0, 0.1) is 0 Å². The van der Waals surface area contributed by atoms with E-state index < -0.39 is 53.6 Å². The van der Waals surface area contributed by atoms with E-state index in [1.165, 1.54) is 31.2 Å². The smallest absolute Gasteiger partial charge is 0.303 e. The van der Waals surface area contributed by atoms with E-state index in [2.05, 4.69) is 0 Å². The summed E-state index contributed by atoms with van der Waals surface area (Å²) in [6.07, 6.45) is -5.06. The Balaban J connectivity index is 1.90. The summed E-state index contributed by atoms with van der Waals surface area (Å²) in [5, 5.41) is 52.0. The zero-order chi connectivity index (χ0) is 28.6. The van der Waals surface area contributed by atoms with Crippen LogP contribution in [0.15, 0.2) is 51.2 Å². The van der Waals surface area contributed by atoms with Gasteiger partial charge in [0.15, 0.2) is 11.9 Å². The molecular weight excluding hydrogens is 512 g/mol. The predicted octanol–water partition coefficient (Wildman–Crippen LogP) is 2.86. The summed E-state index contributed by atoms with van der Waals surface area (Å²) in [5.41, 5.74) is 0.554. The minimum atomic E-state index is -1.74. The molecule has 0 aliphatic carbocycles. The van der Waals surface area contributed by atoms with Crippen LogP contribution in [-0.4, -0.2) is 62.2 Å². The Hall–Kier alpha value is -4.06. The molecule has 5 N–H and O–H groups in total.